The molecule has 0 amide bonds. The second-order valence-electron chi connectivity index (χ2n) is 6.10. The van der Waals surface area contributed by atoms with Crippen LogP contribution in [0.4, 0.5) is 0 Å². The van der Waals surface area contributed by atoms with Gasteiger partial charge in [-0.25, -0.2) is 9.48 Å². The zero-order valence-electron chi connectivity index (χ0n) is 14.6. The number of benzene rings is 2. The smallest absolute Gasteiger partial charge is 0.338 e. The normalized spacial score (nSPS) is 11.0. The molecule has 2 aromatic heterocycles. The van der Waals surface area contributed by atoms with Gasteiger partial charge >= 0.3 is 5.97 Å². The van der Waals surface area contributed by atoms with Crippen LogP contribution in [0.3, 0.4) is 0 Å². The van der Waals surface area contributed by atoms with Crippen molar-refractivity contribution < 1.29 is 9.53 Å². The minimum Gasteiger partial charge on any atom is -0.465 e. The molecule has 2 heterocycles. The van der Waals surface area contributed by atoms with E-state index < -0.39 is 0 Å². The molecule has 0 aliphatic carbocycles. The van der Waals surface area contributed by atoms with Gasteiger partial charge in [0.15, 0.2) is 0 Å². The lowest BCUT2D eigenvalue weighted by atomic mass is 10.0. The molecule has 26 heavy (non-hydrogen) atoms. The van der Waals surface area contributed by atoms with Gasteiger partial charge in [-0.05, 0) is 42.3 Å². The molecule has 0 saturated carbocycles. The Morgan fingerprint density at radius 1 is 1.12 bits per heavy atom. The fourth-order valence-corrected chi connectivity index (χ4v) is 3.11. The molecule has 0 unspecified atom stereocenters. The van der Waals surface area contributed by atoms with Crippen LogP contribution in [0.5, 0.6) is 0 Å². The molecule has 2 aromatic carbocycles. The monoisotopic (exact) mass is 346 g/mol. The maximum absolute atomic E-state index is 12.1. The molecule has 0 bridgehead atoms. The van der Waals surface area contributed by atoms with E-state index in [2.05, 4.69) is 22.3 Å². The molecule has 4 rings (SSSR count). The molecule has 0 spiro atoms. The molecule has 0 fully saturated rings. The first-order valence-electron chi connectivity index (χ1n) is 8.30. The highest BCUT2D eigenvalue weighted by Gasteiger charge is 2.16. The van der Waals surface area contributed by atoms with E-state index in [1.807, 2.05) is 52.8 Å². The van der Waals surface area contributed by atoms with Gasteiger partial charge in [-0.3, -0.25) is 4.68 Å². The molecule has 0 radical (unpaired) electrons. The standard InChI is InChI=1S/C20H18N4O2/c1-14-4-9-18-17(19(14)20(25)26-2)12-22-24(18)13-15-5-7-16(8-6-15)23-11-3-10-21-23/h3-12H,13H2,1-2H3. The summed E-state index contributed by atoms with van der Waals surface area (Å²) >= 11 is 0. The number of hydrogen-bond donors (Lipinski definition) is 0. The Hall–Kier alpha value is -3.41. The average Bonchev–Trinajstić information content (AvgIpc) is 3.32. The second kappa shape index (κ2) is 6.48. The first-order valence-corrected chi connectivity index (χ1v) is 8.30. The van der Waals surface area contributed by atoms with Crippen molar-refractivity contribution >= 4 is 16.9 Å². The largest absolute Gasteiger partial charge is 0.465 e. The molecule has 0 aliphatic rings. The Morgan fingerprint density at radius 3 is 2.62 bits per heavy atom. The molecule has 130 valence electrons. The minimum absolute atomic E-state index is 0.337. The fraction of sp³-hybridized carbons (Fsp3) is 0.150. The Morgan fingerprint density at radius 2 is 1.92 bits per heavy atom. The molecule has 0 aliphatic heterocycles. The van der Waals surface area contributed by atoms with Gasteiger partial charge in [0.1, 0.15) is 0 Å². The van der Waals surface area contributed by atoms with Crippen molar-refractivity contribution in [3.63, 3.8) is 0 Å². The van der Waals surface area contributed by atoms with E-state index in [9.17, 15) is 4.79 Å². The summed E-state index contributed by atoms with van der Waals surface area (Å²) in [6.07, 6.45) is 5.39. The van der Waals surface area contributed by atoms with Gasteiger partial charge in [-0.1, -0.05) is 18.2 Å². The van der Waals surface area contributed by atoms with E-state index in [1.54, 1.807) is 12.4 Å². The van der Waals surface area contributed by atoms with Gasteiger partial charge in [-0.15, -0.1) is 0 Å². The zero-order valence-corrected chi connectivity index (χ0v) is 14.6. The van der Waals surface area contributed by atoms with Crippen molar-refractivity contribution in [3.05, 3.63) is 77.7 Å². The van der Waals surface area contributed by atoms with Gasteiger partial charge in [-0.2, -0.15) is 10.2 Å². The number of nitrogens with zero attached hydrogens (tertiary/aromatic N) is 4. The maximum atomic E-state index is 12.1. The van der Waals surface area contributed by atoms with E-state index in [0.29, 0.717) is 12.1 Å². The Bertz CT molecular complexity index is 1060. The van der Waals surface area contributed by atoms with Gasteiger partial charge in [0.2, 0.25) is 0 Å². The molecule has 0 atom stereocenters. The average molecular weight is 346 g/mol. The summed E-state index contributed by atoms with van der Waals surface area (Å²) in [6, 6.07) is 14.0. The number of carbonyl (C=O) groups excluding carboxylic acids is 1. The van der Waals surface area contributed by atoms with Gasteiger partial charge in [0, 0.05) is 17.8 Å². The molecular formula is C20H18N4O2. The third kappa shape index (κ3) is 2.75. The summed E-state index contributed by atoms with van der Waals surface area (Å²) < 4.78 is 8.63. The Kier molecular flexibility index (Phi) is 4.01. The zero-order chi connectivity index (χ0) is 18.1. The number of rotatable bonds is 4. The highest BCUT2D eigenvalue weighted by molar-refractivity contribution is 6.04. The minimum atomic E-state index is -0.337. The number of fused-ring (bicyclic) bond motifs is 1. The summed E-state index contributed by atoms with van der Waals surface area (Å²) in [5.74, 6) is -0.337. The van der Waals surface area contributed by atoms with E-state index in [1.165, 1.54) is 7.11 Å². The summed E-state index contributed by atoms with van der Waals surface area (Å²) in [5.41, 5.74) is 4.49. The molecule has 4 aromatic rings. The summed E-state index contributed by atoms with van der Waals surface area (Å²) in [4.78, 5) is 12.1. The third-order valence-electron chi connectivity index (χ3n) is 4.46. The number of carbonyl (C=O) groups is 1. The van der Waals surface area contributed by atoms with Crippen molar-refractivity contribution in [1.29, 1.82) is 0 Å². The molecule has 0 N–H and O–H groups in total. The van der Waals surface area contributed by atoms with Crippen molar-refractivity contribution in [3.8, 4) is 5.69 Å². The van der Waals surface area contributed by atoms with Crippen molar-refractivity contribution in [2.24, 2.45) is 0 Å². The van der Waals surface area contributed by atoms with Crippen molar-refractivity contribution in [2.45, 2.75) is 13.5 Å². The number of hydrogen-bond acceptors (Lipinski definition) is 4. The third-order valence-corrected chi connectivity index (χ3v) is 4.46. The van der Waals surface area contributed by atoms with E-state index in [0.717, 1.165) is 27.7 Å². The summed E-state index contributed by atoms with van der Waals surface area (Å²) in [7, 11) is 1.40. The van der Waals surface area contributed by atoms with Crippen LogP contribution >= 0.6 is 0 Å². The van der Waals surface area contributed by atoms with Gasteiger partial charge in [0.05, 0.1) is 36.6 Å². The number of aromatic nitrogens is 4. The van der Waals surface area contributed by atoms with Crippen LogP contribution in [0.25, 0.3) is 16.6 Å². The first-order chi connectivity index (χ1) is 12.7. The van der Waals surface area contributed by atoms with E-state index >= 15 is 0 Å². The summed E-state index contributed by atoms with van der Waals surface area (Å²) in [6.45, 7) is 2.52. The van der Waals surface area contributed by atoms with Crippen LogP contribution in [0.1, 0.15) is 21.5 Å². The predicted octanol–water partition coefficient (Wildman–Crippen LogP) is 3.37. The molecule has 6 heteroatoms. The second-order valence-corrected chi connectivity index (χ2v) is 6.10. The van der Waals surface area contributed by atoms with Crippen LogP contribution in [0.15, 0.2) is 61.1 Å². The van der Waals surface area contributed by atoms with Crippen LogP contribution in [0.2, 0.25) is 0 Å². The first kappa shape index (κ1) is 16.1. The number of ether oxygens (including phenoxy) is 1. The van der Waals surface area contributed by atoms with Crippen LogP contribution in [0, 0.1) is 6.92 Å². The Balaban J connectivity index is 1.67. The lowest BCUT2D eigenvalue weighted by Crippen LogP contribution is -2.05. The molecule has 0 saturated heterocycles. The van der Waals surface area contributed by atoms with E-state index in [4.69, 9.17) is 4.74 Å². The highest BCUT2D eigenvalue weighted by atomic mass is 16.5. The lowest BCUT2D eigenvalue weighted by molar-refractivity contribution is 0.0602. The number of esters is 1. The van der Waals surface area contributed by atoms with Gasteiger partial charge < -0.3 is 4.74 Å². The Labute approximate surface area is 150 Å². The number of aryl methyl sites for hydroxylation is 1. The SMILES string of the molecule is COC(=O)c1c(C)ccc2c1cnn2Cc1ccc(-n2cccn2)cc1. The lowest BCUT2D eigenvalue weighted by Gasteiger charge is -2.08. The van der Waals surface area contributed by atoms with Gasteiger partial charge in [0.25, 0.3) is 0 Å². The van der Waals surface area contributed by atoms with Crippen LogP contribution in [-0.4, -0.2) is 32.6 Å². The number of methoxy groups -OCH3 is 1. The predicted molar refractivity (Wildman–Crippen MR) is 98.5 cm³/mol. The topological polar surface area (TPSA) is 61.9 Å². The van der Waals surface area contributed by atoms with Crippen LogP contribution < -0.4 is 0 Å². The van der Waals surface area contributed by atoms with E-state index in [-0.39, 0.29) is 5.97 Å². The molecular weight excluding hydrogens is 328 g/mol. The van der Waals surface area contributed by atoms with Crippen LogP contribution in [-0.2, 0) is 11.3 Å². The maximum Gasteiger partial charge on any atom is 0.338 e. The van der Waals surface area contributed by atoms with Crippen molar-refractivity contribution in [1.82, 2.24) is 19.6 Å². The fourth-order valence-electron chi connectivity index (χ4n) is 3.11. The summed E-state index contributed by atoms with van der Waals surface area (Å²) in [5, 5.41) is 9.51. The quantitative estimate of drug-likeness (QED) is 0.532. The molecule has 6 nitrogen and oxygen atoms in total. The highest BCUT2D eigenvalue weighted by Crippen LogP contribution is 2.23. The van der Waals surface area contributed by atoms with Crippen molar-refractivity contribution in [2.75, 3.05) is 7.11 Å².